The smallest absolute Gasteiger partial charge is 0.305 e. The summed E-state index contributed by atoms with van der Waals surface area (Å²) in [5.41, 5.74) is 0. The molecule has 214 valence electrons. The lowest BCUT2D eigenvalue weighted by Gasteiger charge is -2.06. The Morgan fingerprint density at radius 2 is 0.694 bits per heavy atom. The molecule has 4 nitrogen and oxygen atoms in total. The highest BCUT2D eigenvalue weighted by molar-refractivity contribution is 6.20. The summed E-state index contributed by atoms with van der Waals surface area (Å²) in [6.07, 6.45) is 25.3. The van der Waals surface area contributed by atoms with Gasteiger partial charge in [0.25, 0.3) is 0 Å². The summed E-state index contributed by atoms with van der Waals surface area (Å²) < 4.78 is 10.5. The minimum absolute atomic E-state index is 0.0393. The molecule has 0 fully saturated rings. The standard InChI is InChI=1S/C30H56Cl2O4/c1-27(31)21-23-29(33)35-25-19-17-15-13-11-9-7-5-3-4-6-8-10-12-14-16-18-20-26-36-30(34)24-22-28(2)32/h27-28H,3-26H2,1-2H3. The molecule has 0 saturated heterocycles. The van der Waals surface area contributed by atoms with Gasteiger partial charge in [0, 0.05) is 23.6 Å². The predicted octanol–water partition coefficient (Wildman–Crippen LogP) is 9.91. The normalized spacial score (nSPS) is 12.9. The lowest BCUT2D eigenvalue weighted by molar-refractivity contribution is -0.144. The fourth-order valence-electron chi connectivity index (χ4n) is 4.18. The first-order chi connectivity index (χ1) is 17.4. The Labute approximate surface area is 232 Å². The molecule has 0 aliphatic carbocycles. The Kier molecular flexibility index (Phi) is 27.2. The van der Waals surface area contributed by atoms with Crippen LogP contribution < -0.4 is 0 Å². The second-order valence-electron chi connectivity index (χ2n) is 10.4. The number of alkyl halides is 2. The van der Waals surface area contributed by atoms with Crippen molar-refractivity contribution < 1.29 is 19.1 Å². The van der Waals surface area contributed by atoms with Crippen LogP contribution in [0.1, 0.15) is 155 Å². The van der Waals surface area contributed by atoms with E-state index in [1.165, 1.54) is 89.9 Å². The van der Waals surface area contributed by atoms with Crippen molar-refractivity contribution in [2.45, 2.75) is 166 Å². The minimum Gasteiger partial charge on any atom is -0.466 e. The SMILES string of the molecule is CC(Cl)CCC(=O)OCCCCCCCCCCCCCCCCCCCCOC(=O)CCC(C)Cl. The van der Waals surface area contributed by atoms with Crippen molar-refractivity contribution in [1.29, 1.82) is 0 Å². The number of carbonyl (C=O) groups is 2. The fourth-order valence-corrected chi connectivity index (χ4v) is 4.40. The van der Waals surface area contributed by atoms with E-state index < -0.39 is 0 Å². The van der Waals surface area contributed by atoms with Crippen LogP contribution in [0.25, 0.3) is 0 Å². The lowest BCUT2D eigenvalue weighted by atomic mass is 10.0. The summed E-state index contributed by atoms with van der Waals surface area (Å²) in [5.74, 6) is -0.222. The molecule has 0 saturated carbocycles. The van der Waals surface area contributed by atoms with Gasteiger partial charge in [0.2, 0.25) is 0 Å². The van der Waals surface area contributed by atoms with Gasteiger partial charge in [-0.15, -0.1) is 23.2 Å². The maximum Gasteiger partial charge on any atom is 0.305 e. The van der Waals surface area contributed by atoms with Crippen LogP contribution in [0.5, 0.6) is 0 Å². The average molecular weight is 552 g/mol. The Morgan fingerprint density at radius 3 is 0.917 bits per heavy atom. The summed E-state index contributed by atoms with van der Waals surface area (Å²) >= 11 is 11.7. The van der Waals surface area contributed by atoms with E-state index in [1.54, 1.807) is 0 Å². The van der Waals surface area contributed by atoms with Crippen molar-refractivity contribution in [3.8, 4) is 0 Å². The van der Waals surface area contributed by atoms with Gasteiger partial charge in [-0.2, -0.15) is 0 Å². The van der Waals surface area contributed by atoms with Gasteiger partial charge < -0.3 is 9.47 Å². The number of esters is 2. The van der Waals surface area contributed by atoms with E-state index >= 15 is 0 Å². The van der Waals surface area contributed by atoms with Crippen LogP contribution in [0, 0.1) is 0 Å². The van der Waals surface area contributed by atoms with E-state index in [9.17, 15) is 9.59 Å². The molecule has 0 aromatic carbocycles. The number of carbonyl (C=O) groups excluding carboxylic acids is 2. The molecule has 0 aliphatic rings. The highest BCUT2D eigenvalue weighted by atomic mass is 35.5. The molecule has 2 unspecified atom stereocenters. The molecule has 0 aliphatic heterocycles. The Bertz CT molecular complexity index is 453. The topological polar surface area (TPSA) is 52.6 Å². The first-order valence-corrected chi connectivity index (χ1v) is 15.9. The van der Waals surface area contributed by atoms with Gasteiger partial charge in [-0.3, -0.25) is 9.59 Å². The van der Waals surface area contributed by atoms with Crippen LogP contribution in [-0.2, 0) is 19.1 Å². The summed E-state index contributed by atoms with van der Waals surface area (Å²) in [7, 11) is 0. The third-order valence-corrected chi connectivity index (χ3v) is 6.99. The van der Waals surface area contributed by atoms with E-state index in [0.717, 1.165) is 25.7 Å². The largest absolute Gasteiger partial charge is 0.466 e. The molecule has 0 bridgehead atoms. The van der Waals surface area contributed by atoms with Crippen molar-refractivity contribution in [3.63, 3.8) is 0 Å². The Balaban J connectivity index is 3.14. The van der Waals surface area contributed by atoms with Crippen molar-refractivity contribution in [2.24, 2.45) is 0 Å². The molecule has 0 aromatic heterocycles. The monoisotopic (exact) mass is 550 g/mol. The van der Waals surface area contributed by atoms with Crippen molar-refractivity contribution in [2.75, 3.05) is 13.2 Å². The average Bonchev–Trinajstić information content (AvgIpc) is 2.84. The molecule has 0 amide bonds. The van der Waals surface area contributed by atoms with E-state index in [1.807, 2.05) is 13.8 Å². The van der Waals surface area contributed by atoms with Crippen LogP contribution in [0.2, 0.25) is 0 Å². The quantitative estimate of drug-likeness (QED) is 0.0579. The molecule has 36 heavy (non-hydrogen) atoms. The maximum atomic E-state index is 11.5. The summed E-state index contributed by atoms with van der Waals surface area (Å²) in [4.78, 5) is 23.0. The van der Waals surface area contributed by atoms with E-state index in [-0.39, 0.29) is 22.7 Å². The highest BCUT2D eigenvalue weighted by Crippen LogP contribution is 2.15. The van der Waals surface area contributed by atoms with E-state index in [2.05, 4.69) is 0 Å². The minimum atomic E-state index is -0.111. The van der Waals surface area contributed by atoms with Crippen molar-refractivity contribution >= 4 is 35.1 Å². The molecular formula is C30H56Cl2O4. The second-order valence-corrected chi connectivity index (χ2v) is 11.9. The van der Waals surface area contributed by atoms with Gasteiger partial charge in [0.05, 0.1) is 13.2 Å². The summed E-state index contributed by atoms with van der Waals surface area (Å²) in [6.45, 7) is 4.92. The summed E-state index contributed by atoms with van der Waals surface area (Å²) in [6, 6.07) is 0. The number of unbranched alkanes of at least 4 members (excludes halogenated alkanes) is 17. The van der Waals surface area contributed by atoms with Gasteiger partial charge in [-0.25, -0.2) is 0 Å². The molecule has 0 heterocycles. The fraction of sp³-hybridized carbons (Fsp3) is 0.933. The number of hydrogen-bond acceptors (Lipinski definition) is 4. The van der Waals surface area contributed by atoms with Crippen LogP contribution in [0.3, 0.4) is 0 Å². The van der Waals surface area contributed by atoms with Crippen LogP contribution in [0.15, 0.2) is 0 Å². The molecule has 0 rings (SSSR count). The molecule has 0 aromatic rings. The molecule has 6 heteroatoms. The maximum absolute atomic E-state index is 11.5. The zero-order valence-electron chi connectivity index (χ0n) is 23.5. The zero-order chi connectivity index (χ0) is 26.7. The predicted molar refractivity (Wildman–Crippen MR) is 154 cm³/mol. The first kappa shape index (κ1) is 35.5. The lowest BCUT2D eigenvalue weighted by Crippen LogP contribution is -2.07. The number of halogens is 2. The number of rotatable bonds is 27. The molecule has 0 N–H and O–H groups in total. The third kappa shape index (κ3) is 29.7. The van der Waals surface area contributed by atoms with Crippen molar-refractivity contribution in [3.05, 3.63) is 0 Å². The van der Waals surface area contributed by atoms with Crippen LogP contribution in [0.4, 0.5) is 0 Å². The molecule has 0 radical (unpaired) electrons. The molecular weight excluding hydrogens is 495 g/mol. The van der Waals surface area contributed by atoms with Gasteiger partial charge in [-0.05, 0) is 39.5 Å². The third-order valence-electron chi connectivity index (χ3n) is 6.56. The van der Waals surface area contributed by atoms with Gasteiger partial charge in [0.1, 0.15) is 0 Å². The molecule has 0 spiro atoms. The van der Waals surface area contributed by atoms with E-state index in [4.69, 9.17) is 32.7 Å². The van der Waals surface area contributed by atoms with Gasteiger partial charge >= 0.3 is 11.9 Å². The number of hydrogen-bond donors (Lipinski definition) is 0. The van der Waals surface area contributed by atoms with Crippen molar-refractivity contribution in [1.82, 2.24) is 0 Å². The number of ether oxygens (including phenoxy) is 2. The second kappa shape index (κ2) is 27.6. The Morgan fingerprint density at radius 1 is 0.472 bits per heavy atom. The Hall–Kier alpha value is -0.480. The first-order valence-electron chi connectivity index (χ1n) is 15.0. The molecule has 2 atom stereocenters. The highest BCUT2D eigenvalue weighted by Gasteiger charge is 2.06. The van der Waals surface area contributed by atoms with Gasteiger partial charge in [-0.1, -0.05) is 103 Å². The van der Waals surface area contributed by atoms with Gasteiger partial charge in [0.15, 0.2) is 0 Å². The van der Waals surface area contributed by atoms with Crippen LogP contribution >= 0.6 is 23.2 Å². The van der Waals surface area contributed by atoms with Crippen LogP contribution in [-0.4, -0.2) is 35.9 Å². The zero-order valence-corrected chi connectivity index (χ0v) is 25.0. The van der Waals surface area contributed by atoms with E-state index in [0.29, 0.717) is 38.9 Å². The summed E-state index contributed by atoms with van der Waals surface area (Å²) in [5, 5.41) is 0.0786.